The lowest BCUT2D eigenvalue weighted by molar-refractivity contribution is 0.0893. The number of nitrogens with one attached hydrogen (secondary N) is 1. The second kappa shape index (κ2) is 11.7. The molecule has 2 saturated carbocycles. The van der Waals surface area contributed by atoms with Crippen LogP contribution in [0.3, 0.4) is 0 Å². The molecular weight excluding hydrogens is 510 g/mol. The van der Waals surface area contributed by atoms with Gasteiger partial charge >= 0.3 is 0 Å². The van der Waals surface area contributed by atoms with Crippen LogP contribution in [0.2, 0.25) is 18.1 Å². The Morgan fingerprint density at radius 1 is 1.15 bits per heavy atom. The minimum absolute atomic E-state index is 0.0297. The van der Waals surface area contributed by atoms with Crippen LogP contribution in [0.25, 0.3) is 11.2 Å². The Hall–Kier alpha value is -2.24. The minimum Gasteiger partial charge on any atom is -0.414 e. The van der Waals surface area contributed by atoms with Gasteiger partial charge in [0.15, 0.2) is 19.8 Å². The quantitative estimate of drug-likeness (QED) is 0.0995. The van der Waals surface area contributed by atoms with Crippen LogP contribution in [0.4, 0.5) is 5.82 Å². The van der Waals surface area contributed by atoms with E-state index in [-0.39, 0.29) is 29.3 Å². The molecule has 2 fully saturated rings. The summed E-state index contributed by atoms with van der Waals surface area (Å²) in [6.45, 7) is 16.3. The first kappa shape index (κ1) is 29.7. The smallest absolute Gasteiger partial charge is 0.208 e. The van der Waals surface area contributed by atoms with Gasteiger partial charge in [0.25, 0.3) is 0 Å². The molecule has 1 unspecified atom stereocenters. The van der Waals surface area contributed by atoms with Crippen LogP contribution in [-0.4, -0.2) is 56.6 Å². The van der Waals surface area contributed by atoms with Gasteiger partial charge in [-0.05, 0) is 68.5 Å². The zero-order chi connectivity index (χ0) is 28.5. The molecule has 2 aromatic heterocycles. The average molecular weight is 560 g/mol. The Labute approximate surface area is 234 Å². The predicted molar refractivity (Wildman–Crippen MR) is 157 cm³/mol. The number of hydrogen-bond acceptors (Lipinski definition) is 8. The molecule has 2 heterocycles. The maximum Gasteiger partial charge on any atom is 0.208 e. The number of anilines is 1. The number of nitrogens with zero attached hydrogens (tertiary/aromatic N) is 5. The van der Waals surface area contributed by atoms with E-state index in [0.29, 0.717) is 29.1 Å². The van der Waals surface area contributed by atoms with Gasteiger partial charge in [-0.1, -0.05) is 52.1 Å². The van der Waals surface area contributed by atoms with Gasteiger partial charge in [-0.2, -0.15) is 0 Å². The van der Waals surface area contributed by atoms with Gasteiger partial charge < -0.3 is 30.4 Å². The lowest BCUT2D eigenvalue weighted by atomic mass is 9.80. The topological polar surface area (TPSA) is 144 Å². The molecule has 0 radical (unpaired) electrons. The summed E-state index contributed by atoms with van der Waals surface area (Å²) in [6.07, 6.45) is 7.39. The Balaban J connectivity index is 1.77. The highest BCUT2D eigenvalue weighted by molar-refractivity contribution is 6.74. The lowest BCUT2D eigenvalue weighted by Crippen LogP contribution is -2.41. The number of nitrogens with two attached hydrogens (primary N) is 1. The van der Waals surface area contributed by atoms with Crippen molar-refractivity contribution in [1.82, 2.24) is 19.5 Å². The number of oxime groups is 1. The van der Waals surface area contributed by atoms with Crippen molar-refractivity contribution in [1.29, 1.82) is 0 Å². The SMILES string of the molecule is CC1CCC(Cn2c(C(O)CO[Si](C)(C)C(C)(C)C)nc3nc(C(N)=NO)nc(N[C@H](C)C4CCC4)c32)CC1. The van der Waals surface area contributed by atoms with Crippen LogP contribution >= 0.6 is 0 Å². The molecule has 0 bridgehead atoms. The first-order valence-electron chi connectivity index (χ1n) is 14.6. The van der Waals surface area contributed by atoms with Crippen molar-refractivity contribution >= 4 is 31.1 Å². The molecule has 218 valence electrons. The molecule has 39 heavy (non-hydrogen) atoms. The van der Waals surface area contributed by atoms with E-state index in [4.69, 9.17) is 20.1 Å². The first-order chi connectivity index (χ1) is 18.3. The predicted octanol–water partition coefficient (Wildman–Crippen LogP) is 5.40. The fourth-order valence-corrected chi connectivity index (χ4v) is 6.38. The summed E-state index contributed by atoms with van der Waals surface area (Å²) in [5, 5.41) is 27.6. The fourth-order valence-electron chi connectivity index (χ4n) is 5.37. The molecule has 0 aromatic carbocycles. The monoisotopic (exact) mass is 559 g/mol. The number of fused-ring (bicyclic) bond motifs is 1. The van der Waals surface area contributed by atoms with Crippen LogP contribution in [0, 0.1) is 17.8 Å². The van der Waals surface area contributed by atoms with Gasteiger partial charge in [0, 0.05) is 12.6 Å². The van der Waals surface area contributed by atoms with Crippen LogP contribution < -0.4 is 11.1 Å². The molecule has 2 aliphatic rings. The van der Waals surface area contributed by atoms with E-state index in [9.17, 15) is 10.3 Å². The van der Waals surface area contributed by atoms with Crippen LogP contribution in [-0.2, 0) is 11.0 Å². The molecule has 2 aliphatic carbocycles. The molecule has 4 rings (SSSR count). The zero-order valence-electron chi connectivity index (χ0n) is 24.9. The van der Waals surface area contributed by atoms with Gasteiger partial charge in [-0.15, -0.1) is 0 Å². The van der Waals surface area contributed by atoms with E-state index in [1.165, 1.54) is 32.1 Å². The van der Waals surface area contributed by atoms with Crippen LogP contribution in [0.1, 0.15) is 97.3 Å². The standard InChI is InChI=1S/C28H49N7O3Si/c1-17-11-13-19(14-12-17)15-35-22-24(30-18(2)20-9-8-10-20)31-26(23(29)34-37)32-25(22)33-27(35)21(36)16-38-39(6,7)28(3,4)5/h17-21,36-37H,8-16H2,1-7H3,(H2,29,34)(H,30,31,32)/t17?,18-,19?,21?/m1/s1. The molecule has 2 aromatic rings. The van der Waals surface area contributed by atoms with Crippen molar-refractivity contribution in [3.05, 3.63) is 11.6 Å². The van der Waals surface area contributed by atoms with Crippen molar-refractivity contribution in [2.24, 2.45) is 28.6 Å². The molecule has 2 atom stereocenters. The number of aliphatic hydroxyl groups excluding tert-OH is 1. The van der Waals surface area contributed by atoms with Crippen molar-refractivity contribution in [2.45, 2.75) is 116 Å². The largest absolute Gasteiger partial charge is 0.414 e. The third kappa shape index (κ3) is 6.57. The summed E-state index contributed by atoms with van der Waals surface area (Å²) in [4.78, 5) is 14.1. The molecule has 0 saturated heterocycles. The zero-order valence-corrected chi connectivity index (χ0v) is 25.9. The van der Waals surface area contributed by atoms with Crippen molar-refractivity contribution in [3.63, 3.8) is 0 Å². The van der Waals surface area contributed by atoms with Gasteiger partial charge in [0.05, 0.1) is 6.61 Å². The molecule has 10 nitrogen and oxygen atoms in total. The molecule has 0 spiro atoms. The van der Waals surface area contributed by atoms with Gasteiger partial charge in [-0.25, -0.2) is 15.0 Å². The van der Waals surface area contributed by atoms with Gasteiger partial charge in [0.1, 0.15) is 17.4 Å². The lowest BCUT2D eigenvalue weighted by Gasteiger charge is -2.36. The van der Waals surface area contributed by atoms with Gasteiger partial charge in [0.2, 0.25) is 11.7 Å². The summed E-state index contributed by atoms with van der Waals surface area (Å²) in [7, 11) is -2.08. The number of imidazole rings is 1. The third-order valence-electron chi connectivity index (χ3n) is 9.47. The van der Waals surface area contributed by atoms with E-state index in [1.54, 1.807) is 0 Å². The average Bonchev–Trinajstić information content (AvgIpc) is 3.20. The van der Waals surface area contributed by atoms with Crippen molar-refractivity contribution < 1.29 is 14.7 Å². The van der Waals surface area contributed by atoms with E-state index in [1.807, 2.05) is 0 Å². The maximum absolute atomic E-state index is 11.5. The number of rotatable bonds is 10. The Morgan fingerprint density at radius 3 is 2.38 bits per heavy atom. The third-order valence-corrected chi connectivity index (χ3v) is 14.0. The molecule has 5 N–H and O–H groups in total. The fraction of sp³-hybridized carbons (Fsp3) is 0.786. The van der Waals surface area contributed by atoms with Crippen molar-refractivity contribution in [2.75, 3.05) is 11.9 Å². The van der Waals surface area contributed by atoms with Crippen molar-refractivity contribution in [3.8, 4) is 0 Å². The highest BCUT2D eigenvalue weighted by Crippen LogP contribution is 2.38. The number of hydrogen-bond donors (Lipinski definition) is 4. The second-order valence-electron chi connectivity index (χ2n) is 13.5. The van der Waals surface area contributed by atoms with E-state index < -0.39 is 14.4 Å². The molecular formula is C28H49N7O3Si. The minimum atomic E-state index is -2.08. The highest BCUT2D eigenvalue weighted by atomic mass is 28.4. The number of aromatic nitrogens is 4. The van der Waals surface area contributed by atoms with E-state index >= 15 is 0 Å². The summed E-state index contributed by atoms with van der Waals surface area (Å²) < 4.78 is 8.52. The summed E-state index contributed by atoms with van der Waals surface area (Å²) in [5.74, 6) is 2.89. The number of amidine groups is 1. The Morgan fingerprint density at radius 2 is 1.82 bits per heavy atom. The maximum atomic E-state index is 11.5. The van der Waals surface area contributed by atoms with Gasteiger partial charge in [-0.3, -0.25) is 0 Å². The summed E-state index contributed by atoms with van der Waals surface area (Å²) in [6, 6.07) is 0.200. The molecule has 0 aliphatic heterocycles. The molecule has 11 heteroatoms. The highest BCUT2D eigenvalue weighted by Gasteiger charge is 2.38. The Kier molecular flexibility index (Phi) is 8.92. The summed E-state index contributed by atoms with van der Waals surface area (Å²) in [5.41, 5.74) is 7.12. The molecule has 0 amide bonds. The summed E-state index contributed by atoms with van der Waals surface area (Å²) >= 11 is 0. The normalized spacial score (nSPS) is 23.0. The van der Waals surface area contributed by atoms with Crippen LogP contribution in [0.5, 0.6) is 0 Å². The number of aliphatic hydroxyl groups is 1. The Bertz CT molecular complexity index is 1160. The van der Waals surface area contributed by atoms with Crippen LogP contribution in [0.15, 0.2) is 5.16 Å². The van der Waals surface area contributed by atoms with E-state index in [0.717, 1.165) is 30.8 Å². The first-order valence-corrected chi connectivity index (χ1v) is 17.6. The second-order valence-corrected chi connectivity index (χ2v) is 18.3. The van der Waals surface area contributed by atoms with E-state index in [2.05, 4.69) is 67.7 Å².